The standard InChI is InChI=1S/C14H16BrNO3S2/c1-16(9-12-8-14(15)20-10-12)21(18,19)13-4-2-11(3-5-13)6-7-17/h2-5,8,10,17H,6-7,9H2,1H3. The summed E-state index contributed by atoms with van der Waals surface area (Å²) in [6.45, 7) is 0.391. The van der Waals surface area contributed by atoms with E-state index in [4.69, 9.17) is 5.11 Å². The normalized spacial score (nSPS) is 12.0. The summed E-state index contributed by atoms with van der Waals surface area (Å²) in [6.07, 6.45) is 0.527. The van der Waals surface area contributed by atoms with Crippen molar-refractivity contribution in [2.45, 2.75) is 17.9 Å². The second-order valence-corrected chi connectivity index (χ2v) is 8.97. The van der Waals surface area contributed by atoms with Gasteiger partial charge < -0.3 is 5.11 Å². The van der Waals surface area contributed by atoms with Crippen molar-refractivity contribution in [3.8, 4) is 0 Å². The zero-order valence-electron chi connectivity index (χ0n) is 11.5. The Kier molecular flexibility index (Phi) is 5.56. The lowest BCUT2D eigenvalue weighted by molar-refractivity contribution is 0.299. The Morgan fingerprint density at radius 2 is 1.90 bits per heavy atom. The van der Waals surface area contributed by atoms with Crippen LogP contribution in [0.3, 0.4) is 0 Å². The average molecular weight is 390 g/mol. The van der Waals surface area contributed by atoms with E-state index in [1.807, 2.05) is 11.4 Å². The highest BCUT2D eigenvalue weighted by Crippen LogP contribution is 2.23. The van der Waals surface area contributed by atoms with E-state index in [1.165, 1.54) is 15.6 Å². The van der Waals surface area contributed by atoms with Crippen molar-refractivity contribution < 1.29 is 13.5 Å². The molecule has 0 amide bonds. The van der Waals surface area contributed by atoms with Crippen LogP contribution in [0.5, 0.6) is 0 Å². The van der Waals surface area contributed by atoms with Gasteiger partial charge in [0.2, 0.25) is 10.0 Å². The smallest absolute Gasteiger partial charge is 0.243 e. The van der Waals surface area contributed by atoms with Crippen LogP contribution < -0.4 is 0 Å². The molecule has 2 rings (SSSR count). The molecule has 0 radical (unpaired) electrons. The van der Waals surface area contributed by atoms with E-state index in [9.17, 15) is 8.42 Å². The van der Waals surface area contributed by atoms with Gasteiger partial charge in [0.05, 0.1) is 8.68 Å². The molecule has 4 nitrogen and oxygen atoms in total. The second kappa shape index (κ2) is 7.02. The van der Waals surface area contributed by atoms with Crippen LogP contribution in [0.1, 0.15) is 11.1 Å². The lowest BCUT2D eigenvalue weighted by atomic mass is 10.2. The van der Waals surface area contributed by atoms with E-state index in [2.05, 4.69) is 15.9 Å². The SMILES string of the molecule is CN(Cc1csc(Br)c1)S(=O)(=O)c1ccc(CCO)cc1. The van der Waals surface area contributed by atoms with Gasteiger partial charge in [-0.15, -0.1) is 11.3 Å². The van der Waals surface area contributed by atoms with E-state index in [0.29, 0.717) is 13.0 Å². The molecule has 0 aliphatic heterocycles. The Balaban J connectivity index is 2.16. The van der Waals surface area contributed by atoms with Gasteiger partial charge in [0.1, 0.15) is 0 Å². The maximum atomic E-state index is 12.5. The highest BCUT2D eigenvalue weighted by atomic mass is 79.9. The van der Waals surface area contributed by atoms with Crippen molar-refractivity contribution in [3.05, 3.63) is 50.6 Å². The maximum Gasteiger partial charge on any atom is 0.243 e. The lowest BCUT2D eigenvalue weighted by Crippen LogP contribution is -2.26. The minimum atomic E-state index is -3.50. The largest absolute Gasteiger partial charge is 0.396 e. The van der Waals surface area contributed by atoms with Crippen molar-refractivity contribution in [1.29, 1.82) is 0 Å². The van der Waals surface area contributed by atoms with Crippen LogP contribution in [-0.2, 0) is 23.0 Å². The number of rotatable bonds is 6. The fourth-order valence-corrected chi connectivity index (χ4v) is 4.27. The molecule has 0 fully saturated rings. The Morgan fingerprint density at radius 1 is 1.24 bits per heavy atom. The number of nitrogens with zero attached hydrogens (tertiary/aromatic N) is 1. The van der Waals surface area contributed by atoms with Crippen LogP contribution in [0.25, 0.3) is 0 Å². The van der Waals surface area contributed by atoms with Crippen molar-refractivity contribution in [2.75, 3.05) is 13.7 Å². The predicted octanol–water partition coefficient (Wildman–Crippen LogP) is 2.87. The fraction of sp³-hybridized carbons (Fsp3) is 0.286. The summed E-state index contributed by atoms with van der Waals surface area (Å²) in [5.41, 5.74) is 1.87. The average Bonchev–Trinajstić information content (AvgIpc) is 2.85. The third-order valence-corrected chi connectivity index (χ3v) is 6.43. The Labute approximate surface area is 137 Å². The molecule has 7 heteroatoms. The Morgan fingerprint density at radius 3 is 2.43 bits per heavy atom. The topological polar surface area (TPSA) is 57.6 Å². The van der Waals surface area contributed by atoms with Gasteiger partial charge in [-0.3, -0.25) is 0 Å². The molecule has 1 aromatic carbocycles. The van der Waals surface area contributed by atoms with Gasteiger partial charge in [0, 0.05) is 20.2 Å². The number of hydrogen-bond acceptors (Lipinski definition) is 4. The van der Waals surface area contributed by atoms with E-state index >= 15 is 0 Å². The van der Waals surface area contributed by atoms with Gasteiger partial charge in [0.25, 0.3) is 0 Å². The number of hydrogen-bond donors (Lipinski definition) is 1. The fourth-order valence-electron chi connectivity index (χ4n) is 1.91. The molecule has 1 N–H and O–H groups in total. The van der Waals surface area contributed by atoms with E-state index in [-0.39, 0.29) is 11.5 Å². The third-order valence-electron chi connectivity index (χ3n) is 3.06. The van der Waals surface area contributed by atoms with Gasteiger partial charge in [0.15, 0.2) is 0 Å². The first-order chi connectivity index (χ1) is 9.93. The molecule has 0 spiro atoms. The molecule has 1 aromatic heterocycles. The summed E-state index contributed by atoms with van der Waals surface area (Å²) in [6, 6.07) is 8.55. The number of sulfonamides is 1. The number of halogens is 1. The second-order valence-electron chi connectivity index (χ2n) is 4.64. The summed E-state index contributed by atoms with van der Waals surface area (Å²) in [4.78, 5) is 0.265. The summed E-state index contributed by atoms with van der Waals surface area (Å²) in [5, 5.41) is 10.8. The Hall–Kier alpha value is -0.730. The molecule has 0 saturated heterocycles. The van der Waals surface area contributed by atoms with Crippen molar-refractivity contribution in [3.63, 3.8) is 0 Å². The minimum Gasteiger partial charge on any atom is -0.396 e. The predicted molar refractivity (Wildman–Crippen MR) is 87.9 cm³/mol. The molecule has 21 heavy (non-hydrogen) atoms. The van der Waals surface area contributed by atoms with Crippen LogP contribution in [0, 0.1) is 0 Å². The first kappa shape index (κ1) is 16.6. The molecule has 0 saturated carbocycles. The Bertz CT molecular complexity index is 695. The highest BCUT2D eigenvalue weighted by Gasteiger charge is 2.21. The highest BCUT2D eigenvalue weighted by molar-refractivity contribution is 9.11. The van der Waals surface area contributed by atoms with E-state index in [1.54, 1.807) is 31.3 Å². The zero-order valence-corrected chi connectivity index (χ0v) is 14.7. The molecule has 0 atom stereocenters. The van der Waals surface area contributed by atoms with E-state index in [0.717, 1.165) is 14.9 Å². The number of thiophene rings is 1. The first-order valence-corrected chi connectivity index (χ1v) is 9.44. The zero-order chi connectivity index (χ0) is 15.5. The van der Waals surface area contributed by atoms with Crippen LogP contribution in [0.4, 0.5) is 0 Å². The monoisotopic (exact) mass is 389 g/mol. The summed E-state index contributed by atoms with van der Waals surface area (Å²) >= 11 is 4.90. The number of benzene rings is 1. The lowest BCUT2D eigenvalue weighted by Gasteiger charge is -2.16. The molecule has 0 bridgehead atoms. The van der Waals surface area contributed by atoms with Gasteiger partial charge in [-0.05, 0) is 57.1 Å². The van der Waals surface area contributed by atoms with Crippen LogP contribution in [0.15, 0.2) is 44.4 Å². The summed E-state index contributed by atoms with van der Waals surface area (Å²) in [5.74, 6) is 0. The molecule has 114 valence electrons. The van der Waals surface area contributed by atoms with Crippen LogP contribution in [0.2, 0.25) is 0 Å². The number of aliphatic hydroxyl groups excluding tert-OH is 1. The van der Waals surface area contributed by atoms with Crippen molar-refractivity contribution in [1.82, 2.24) is 4.31 Å². The van der Waals surface area contributed by atoms with Crippen LogP contribution >= 0.6 is 27.3 Å². The van der Waals surface area contributed by atoms with Gasteiger partial charge in [-0.25, -0.2) is 8.42 Å². The van der Waals surface area contributed by atoms with E-state index < -0.39 is 10.0 Å². The maximum absolute atomic E-state index is 12.5. The molecule has 0 aliphatic rings. The molecular weight excluding hydrogens is 374 g/mol. The van der Waals surface area contributed by atoms with Crippen molar-refractivity contribution >= 4 is 37.3 Å². The van der Waals surface area contributed by atoms with Gasteiger partial charge >= 0.3 is 0 Å². The summed E-state index contributed by atoms with van der Waals surface area (Å²) in [7, 11) is -1.93. The number of aliphatic hydroxyl groups is 1. The molecule has 0 unspecified atom stereocenters. The first-order valence-electron chi connectivity index (χ1n) is 6.32. The molecular formula is C14H16BrNO3S2. The third kappa shape index (κ3) is 4.14. The quantitative estimate of drug-likeness (QED) is 0.825. The van der Waals surface area contributed by atoms with Crippen molar-refractivity contribution in [2.24, 2.45) is 0 Å². The summed E-state index contributed by atoms with van der Waals surface area (Å²) < 4.78 is 27.3. The minimum absolute atomic E-state index is 0.0546. The molecule has 2 aromatic rings. The van der Waals surface area contributed by atoms with Crippen LogP contribution in [-0.4, -0.2) is 31.5 Å². The van der Waals surface area contributed by atoms with Gasteiger partial charge in [-0.2, -0.15) is 4.31 Å². The molecule has 1 heterocycles. The van der Waals surface area contributed by atoms with Gasteiger partial charge in [-0.1, -0.05) is 12.1 Å². The molecule has 0 aliphatic carbocycles.